The van der Waals surface area contributed by atoms with Crippen molar-refractivity contribution in [1.82, 2.24) is 10.2 Å². The van der Waals surface area contributed by atoms with Gasteiger partial charge in [-0.2, -0.15) is 0 Å². The van der Waals surface area contributed by atoms with Crippen LogP contribution in [0, 0.1) is 19.7 Å². The van der Waals surface area contributed by atoms with Gasteiger partial charge in [0.1, 0.15) is 10.8 Å². The largest absolute Gasteiger partial charge is 0.368 e. The molecule has 0 unspecified atom stereocenters. The zero-order chi connectivity index (χ0) is 22.5. The average molecular weight is 452 g/mol. The van der Waals surface area contributed by atoms with E-state index in [1.807, 2.05) is 12.1 Å². The number of aromatic nitrogens is 2. The van der Waals surface area contributed by atoms with Crippen LogP contribution in [0.15, 0.2) is 59.6 Å². The number of anilines is 3. The summed E-state index contributed by atoms with van der Waals surface area (Å²) < 4.78 is 13.0. The summed E-state index contributed by atoms with van der Waals surface area (Å²) in [4.78, 5) is 16.8. The van der Waals surface area contributed by atoms with Gasteiger partial charge < -0.3 is 15.1 Å². The summed E-state index contributed by atoms with van der Waals surface area (Å²) in [6.45, 7) is 7.92. The fourth-order valence-corrected chi connectivity index (χ4v) is 4.28. The molecular formula is C24H26FN5OS. The Morgan fingerprint density at radius 3 is 2.38 bits per heavy atom. The van der Waals surface area contributed by atoms with Crippen molar-refractivity contribution < 1.29 is 9.18 Å². The van der Waals surface area contributed by atoms with Crippen molar-refractivity contribution in [3.05, 3.63) is 71.5 Å². The highest BCUT2D eigenvalue weighted by molar-refractivity contribution is 7.99. The number of rotatable bonds is 6. The van der Waals surface area contributed by atoms with E-state index in [0.29, 0.717) is 10.7 Å². The number of thioether (sulfide) groups is 1. The first-order valence-electron chi connectivity index (χ1n) is 10.6. The molecular weight excluding hydrogens is 425 g/mol. The number of piperazine rings is 1. The van der Waals surface area contributed by atoms with Crippen LogP contribution in [0.3, 0.4) is 0 Å². The first-order valence-corrected chi connectivity index (χ1v) is 11.6. The van der Waals surface area contributed by atoms with Crippen LogP contribution in [-0.2, 0) is 4.79 Å². The molecule has 1 saturated heterocycles. The first-order chi connectivity index (χ1) is 15.5. The van der Waals surface area contributed by atoms with Crippen LogP contribution < -0.4 is 15.1 Å². The van der Waals surface area contributed by atoms with Gasteiger partial charge in [-0.3, -0.25) is 4.79 Å². The highest BCUT2D eigenvalue weighted by Crippen LogP contribution is 2.24. The molecule has 4 rings (SSSR count). The summed E-state index contributed by atoms with van der Waals surface area (Å²) in [5.41, 5.74) is 4.45. The zero-order valence-corrected chi connectivity index (χ0v) is 19.0. The molecule has 1 aromatic heterocycles. The van der Waals surface area contributed by atoms with Crippen molar-refractivity contribution >= 4 is 34.9 Å². The number of carbonyl (C=O) groups is 1. The highest BCUT2D eigenvalue weighted by atomic mass is 32.2. The SMILES string of the molecule is Cc1ccc(C)c(N2CCN(c3ccc(SCC(=O)Nc4ccc(F)cc4)nn3)CC2)c1. The molecule has 1 fully saturated rings. The predicted octanol–water partition coefficient (Wildman–Crippen LogP) is 4.29. The van der Waals surface area contributed by atoms with Crippen molar-refractivity contribution in [2.24, 2.45) is 0 Å². The lowest BCUT2D eigenvalue weighted by atomic mass is 10.1. The monoisotopic (exact) mass is 451 g/mol. The van der Waals surface area contributed by atoms with Gasteiger partial charge in [-0.25, -0.2) is 4.39 Å². The van der Waals surface area contributed by atoms with Crippen molar-refractivity contribution in [3.8, 4) is 0 Å². The molecule has 1 aliphatic rings. The van der Waals surface area contributed by atoms with Gasteiger partial charge in [-0.15, -0.1) is 10.2 Å². The van der Waals surface area contributed by atoms with Crippen LogP contribution in [0.25, 0.3) is 0 Å². The summed E-state index contributed by atoms with van der Waals surface area (Å²) in [6.07, 6.45) is 0. The van der Waals surface area contributed by atoms with Gasteiger partial charge in [-0.05, 0) is 67.4 Å². The second-order valence-corrected chi connectivity index (χ2v) is 8.83. The maximum atomic E-state index is 13.0. The molecule has 3 aromatic rings. The molecule has 0 atom stereocenters. The Morgan fingerprint density at radius 2 is 1.69 bits per heavy atom. The third kappa shape index (κ3) is 5.56. The molecule has 2 heterocycles. The Hall–Kier alpha value is -3.13. The van der Waals surface area contributed by atoms with Crippen LogP contribution in [-0.4, -0.2) is 48.0 Å². The van der Waals surface area contributed by atoms with Crippen LogP contribution in [0.1, 0.15) is 11.1 Å². The van der Waals surface area contributed by atoms with E-state index >= 15 is 0 Å². The molecule has 1 aliphatic heterocycles. The number of nitrogens with zero attached hydrogens (tertiary/aromatic N) is 4. The molecule has 1 N–H and O–H groups in total. The summed E-state index contributed by atoms with van der Waals surface area (Å²) in [5.74, 6) is 0.556. The van der Waals surface area contributed by atoms with Crippen LogP contribution in [0.4, 0.5) is 21.6 Å². The van der Waals surface area contributed by atoms with E-state index in [9.17, 15) is 9.18 Å². The summed E-state index contributed by atoms with van der Waals surface area (Å²) in [7, 11) is 0. The highest BCUT2D eigenvalue weighted by Gasteiger charge is 2.20. The molecule has 0 radical (unpaired) electrons. The lowest BCUT2D eigenvalue weighted by Gasteiger charge is -2.37. The number of benzene rings is 2. The number of aryl methyl sites for hydroxylation is 2. The van der Waals surface area contributed by atoms with Gasteiger partial charge in [0, 0.05) is 37.6 Å². The van der Waals surface area contributed by atoms with E-state index in [4.69, 9.17) is 0 Å². The summed E-state index contributed by atoms with van der Waals surface area (Å²) in [6, 6.07) is 16.1. The maximum absolute atomic E-state index is 13.0. The van der Waals surface area contributed by atoms with Crippen LogP contribution in [0.2, 0.25) is 0 Å². The van der Waals surface area contributed by atoms with Crippen molar-refractivity contribution in [2.45, 2.75) is 18.9 Å². The van der Waals surface area contributed by atoms with Crippen LogP contribution in [0.5, 0.6) is 0 Å². The van der Waals surface area contributed by atoms with E-state index in [-0.39, 0.29) is 17.5 Å². The quantitative estimate of drug-likeness (QED) is 0.564. The molecule has 8 heteroatoms. The number of carbonyl (C=O) groups excluding carboxylic acids is 1. The van der Waals surface area contributed by atoms with Gasteiger partial charge in [0.2, 0.25) is 5.91 Å². The standard InChI is InChI=1S/C24H26FN5OS/c1-17-3-4-18(2)21(15-17)29-11-13-30(14-12-29)22-9-10-24(28-27-22)32-16-23(31)26-20-7-5-19(25)6-8-20/h3-10,15H,11-14,16H2,1-2H3,(H,26,31). The van der Waals surface area contributed by atoms with E-state index in [1.54, 1.807) is 0 Å². The Balaban J connectivity index is 1.27. The summed E-state index contributed by atoms with van der Waals surface area (Å²) in [5, 5.41) is 12.1. The third-order valence-electron chi connectivity index (χ3n) is 5.41. The van der Waals surface area contributed by atoms with Crippen molar-refractivity contribution in [2.75, 3.05) is 47.0 Å². The molecule has 166 valence electrons. The van der Waals surface area contributed by atoms with E-state index in [2.05, 4.69) is 57.4 Å². The lowest BCUT2D eigenvalue weighted by Crippen LogP contribution is -2.47. The fraction of sp³-hybridized carbons (Fsp3) is 0.292. The minimum atomic E-state index is -0.334. The first kappa shape index (κ1) is 22.1. The van der Waals surface area contributed by atoms with Crippen molar-refractivity contribution in [3.63, 3.8) is 0 Å². The molecule has 0 saturated carbocycles. The average Bonchev–Trinajstić information content (AvgIpc) is 2.81. The molecule has 1 amide bonds. The maximum Gasteiger partial charge on any atom is 0.234 e. The van der Waals surface area contributed by atoms with E-state index in [1.165, 1.54) is 52.8 Å². The molecule has 6 nitrogen and oxygen atoms in total. The summed E-state index contributed by atoms with van der Waals surface area (Å²) >= 11 is 1.32. The fourth-order valence-electron chi connectivity index (χ4n) is 3.66. The Morgan fingerprint density at radius 1 is 0.969 bits per heavy atom. The van der Waals surface area contributed by atoms with Gasteiger partial charge in [0.15, 0.2) is 5.82 Å². The lowest BCUT2D eigenvalue weighted by molar-refractivity contribution is -0.113. The zero-order valence-electron chi connectivity index (χ0n) is 18.2. The number of nitrogens with one attached hydrogen (secondary N) is 1. The van der Waals surface area contributed by atoms with E-state index in [0.717, 1.165) is 32.0 Å². The normalized spacial score (nSPS) is 13.8. The minimum absolute atomic E-state index is 0.171. The third-order valence-corrected chi connectivity index (χ3v) is 6.33. The molecule has 2 aromatic carbocycles. The van der Waals surface area contributed by atoms with Crippen molar-refractivity contribution in [1.29, 1.82) is 0 Å². The van der Waals surface area contributed by atoms with Gasteiger partial charge >= 0.3 is 0 Å². The topological polar surface area (TPSA) is 61.4 Å². The Labute approximate surface area is 191 Å². The molecule has 32 heavy (non-hydrogen) atoms. The van der Waals surface area contributed by atoms with Gasteiger partial charge in [0.25, 0.3) is 0 Å². The van der Waals surface area contributed by atoms with Gasteiger partial charge in [-0.1, -0.05) is 23.9 Å². The predicted molar refractivity (Wildman–Crippen MR) is 128 cm³/mol. The minimum Gasteiger partial charge on any atom is -0.368 e. The second kappa shape index (κ2) is 9.99. The second-order valence-electron chi connectivity index (χ2n) is 7.84. The van der Waals surface area contributed by atoms with Gasteiger partial charge in [0.05, 0.1) is 5.75 Å². The van der Waals surface area contributed by atoms with Crippen LogP contribution >= 0.6 is 11.8 Å². The Kier molecular flexibility index (Phi) is 6.90. The molecule has 0 aliphatic carbocycles. The molecule has 0 bridgehead atoms. The number of halogens is 1. The van der Waals surface area contributed by atoms with E-state index < -0.39 is 0 Å². The number of amides is 1. The Bertz CT molecular complexity index is 1070. The molecule has 0 spiro atoms. The number of hydrogen-bond donors (Lipinski definition) is 1. The smallest absolute Gasteiger partial charge is 0.234 e. The number of hydrogen-bond acceptors (Lipinski definition) is 6.